The summed E-state index contributed by atoms with van der Waals surface area (Å²) in [5.41, 5.74) is 8.80. The molecule has 0 unspecified atom stereocenters. The van der Waals surface area contributed by atoms with Crippen molar-refractivity contribution in [2.45, 2.75) is 44.0 Å². The fourth-order valence-electron chi connectivity index (χ4n) is 4.82. The van der Waals surface area contributed by atoms with Gasteiger partial charge in [0.25, 0.3) is 10.0 Å². The Bertz CT molecular complexity index is 1320. The molecule has 1 saturated heterocycles. The first-order valence-electron chi connectivity index (χ1n) is 12.7. The number of carbonyl (C=O) groups is 1. The molecule has 0 spiro atoms. The van der Waals surface area contributed by atoms with E-state index in [9.17, 15) is 13.2 Å². The quantitative estimate of drug-likeness (QED) is 0.309. The fraction of sp³-hybridized carbons (Fsp3) is 0.423. The van der Waals surface area contributed by atoms with Crippen LogP contribution in [0, 0.1) is 0 Å². The van der Waals surface area contributed by atoms with Crippen molar-refractivity contribution in [2.75, 3.05) is 42.5 Å². The summed E-state index contributed by atoms with van der Waals surface area (Å²) in [4.78, 5) is 23.6. The summed E-state index contributed by atoms with van der Waals surface area (Å²) < 4.78 is 27.5. The van der Waals surface area contributed by atoms with Gasteiger partial charge in [-0.2, -0.15) is 0 Å². The summed E-state index contributed by atoms with van der Waals surface area (Å²) in [6, 6.07) is 12.2. The molecule has 2 heterocycles. The highest BCUT2D eigenvalue weighted by atomic mass is 35.5. The maximum Gasteiger partial charge on any atom is 0.263 e. The van der Waals surface area contributed by atoms with Crippen molar-refractivity contribution in [3.8, 4) is 0 Å². The number of amidine groups is 1. The molecule has 0 radical (unpaired) electrons. The molecular formula is C26H33ClN6O3S2. The molecule has 0 saturated carbocycles. The number of aryl methyl sites for hydroxylation is 1. The number of sulfonamides is 1. The van der Waals surface area contributed by atoms with Gasteiger partial charge in [-0.3, -0.25) is 9.52 Å². The van der Waals surface area contributed by atoms with E-state index in [0.29, 0.717) is 32.6 Å². The monoisotopic (exact) mass is 576 g/mol. The van der Waals surface area contributed by atoms with E-state index in [1.54, 1.807) is 19.1 Å². The zero-order valence-corrected chi connectivity index (χ0v) is 23.9. The standard InChI is InChI=1S/C26H33ClN6O3S2/c1-3-24(28)29-26(37)30-38(35,36)22-9-7-21(8-10-22)31-13-15-32(16-14-31)25(34)18(2)33-12-4-5-19-17-20(27)6-11-23(19)33/h6-11,17-18H,3-5,12-16H2,1-2H3,(H3,28,29,30,37)/t18-/m1/s1. The lowest BCUT2D eigenvalue weighted by Gasteiger charge is -2.41. The number of carbonyl (C=O) groups excluding carboxylic acids is 1. The molecule has 2 aliphatic rings. The van der Waals surface area contributed by atoms with Crippen LogP contribution in [0.2, 0.25) is 5.02 Å². The van der Waals surface area contributed by atoms with E-state index in [4.69, 9.17) is 29.6 Å². The Morgan fingerprint density at radius 2 is 1.82 bits per heavy atom. The number of anilines is 2. The van der Waals surface area contributed by atoms with Gasteiger partial charge in [0.1, 0.15) is 11.9 Å². The Kier molecular flexibility index (Phi) is 8.79. The molecule has 0 aromatic heterocycles. The summed E-state index contributed by atoms with van der Waals surface area (Å²) in [6.07, 6.45) is 2.43. The largest absolute Gasteiger partial charge is 0.387 e. The highest BCUT2D eigenvalue weighted by molar-refractivity contribution is 7.91. The lowest BCUT2D eigenvalue weighted by atomic mass is 10.00. The summed E-state index contributed by atoms with van der Waals surface area (Å²) in [7, 11) is -3.86. The van der Waals surface area contributed by atoms with E-state index in [1.807, 2.05) is 30.0 Å². The van der Waals surface area contributed by atoms with Crippen LogP contribution >= 0.6 is 23.8 Å². The highest BCUT2D eigenvalue weighted by Crippen LogP contribution is 2.31. The Morgan fingerprint density at radius 1 is 1.13 bits per heavy atom. The van der Waals surface area contributed by atoms with Gasteiger partial charge in [0.2, 0.25) is 11.0 Å². The molecule has 2 aliphatic heterocycles. The molecule has 204 valence electrons. The number of nitrogens with two attached hydrogens (primary N) is 1. The van der Waals surface area contributed by atoms with Crippen LogP contribution in [0.15, 0.2) is 52.4 Å². The topological polar surface area (TPSA) is 111 Å². The molecule has 1 amide bonds. The van der Waals surface area contributed by atoms with Crippen molar-refractivity contribution in [1.29, 1.82) is 0 Å². The SMILES string of the molecule is CC/C(N)=N/C(=S)NS(=O)(=O)c1ccc(N2CCN(C(=O)[C@@H](C)N3CCCc4cc(Cl)ccc43)CC2)cc1. The van der Waals surface area contributed by atoms with Crippen LogP contribution in [-0.2, 0) is 21.2 Å². The smallest absolute Gasteiger partial charge is 0.263 e. The normalized spacial score (nSPS) is 17.1. The molecule has 0 aliphatic carbocycles. The second-order valence-electron chi connectivity index (χ2n) is 9.42. The lowest BCUT2D eigenvalue weighted by molar-refractivity contribution is -0.132. The third kappa shape index (κ3) is 6.39. The number of hydrogen-bond acceptors (Lipinski definition) is 6. The minimum Gasteiger partial charge on any atom is -0.387 e. The minimum absolute atomic E-state index is 0.0830. The van der Waals surface area contributed by atoms with Crippen molar-refractivity contribution in [3.05, 3.63) is 53.1 Å². The number of thiocarbonyl (C=S) groups is 1. The van der Waals surface area contributed by atoms with Gasteiger partial charge in [0.05, 0.1) is 4.90 Å². The van der Waals surface area contributed by atoms with Gasteiger partial charge in [0.15, 0.2) is 0 Å². The average molecular weight is 577 g/mol. The first kappa shape index (κ1) is 28.1. The molecule has 0 bridgehead atoms. The van der Waals surface area contributed by atoms with Crippen molar-refractivity contribution in [1.82, 2.24) is 9.62 Å². The number of benzene rings is 2. The maximum atomic E-state index is 13.4. The fourth-order valence-corrected chi connectivity index (χ4v) is 6.35. The number of hydrogen-bond donors (Lipinski definition) is 2. The van der Waals surface area contributed by atoms with Gasteiger partial charge in [-0.05, 0) is 80.0 Å². The summed E-state index contributed by atoms with van der Waals surface area (Å²) in [6.45, 7) is 7.12. The Labute approximate surface area is 234 Å². The number of nitrogens with one attached hydrogen (secondary N) is 1. The van der Waals surface area contributed by atoms with E-state index < -0.39 is 10.0 Å². The van der Waals surface area contributed by atoms with Crippen LogP contribution in [0.5, 0.6) is 0 Å². The Morgan fingerprint density at radius 3 is 2.47 bits per heavy atom. The zero-order chi connectivity index (χ0) is 27.4. The van der Waals surface area contributed by atoms with Gasteiger partial charge < -0.3 is 20.4 Å². The molecule has 4 rings (SSSR count). The lowest BCUT2D eigenvalue weighted by Crippen LogP contribution is -2.55. The summed E-state index contributed by atoms with van der Waals surface area (Å²) in [5.74, 6) is 0.369. The van der Waals surface area contributed by atoms with E-state index in [-0.39, 0.29) is 27.8 Å². The third-order valence-electron chi connectivity index (χ3n) is 6.95. The van der Waals surface area contributed by atoms with Crippen LogP contribution in [0.3, 0.4) is 0 Å². The predicted octanol–water partition coefficient (Wildman–Crippen LogP) is 3.16. The predicted molar refractivity (Wildman–Crippen MR) is 157 cm³/mol. The summed E-state index contributed by atoms with van der Waals surface area (Å²) in [5, 5.41) is 0.526. The van der Waals surface area contributed by atoms with Gasteiger partial charge >= 0.3 is 0 Å². The van der Waals surface area contributed by atoms with Crippen molar-refractivity contribution in [3.63, 3.8) is 0 Å². The molecular weight excluding hydrogens is 544 g/mol. The Hall–Kier alpha value is -2.89. The van der Waals surface area contributed by atoms with Crippen LogP contribution in [0.1, 0.15) is 32.3 Å². The van der Waals surface area contributed by atoms with Crippen LogP contribution in [0.25, 0.3) is 0 Å². The minimum atomic E-state index is -3.86. The van der Waals surface area contributed by atoms with E-state index in [2.05, 4.69) is 19.5 Å². The molecule has 12 heteroatoms. The average Bonchev–Trinajstić information content (AvgIpc) is 2.91. The van der Waals surface area contributed by atoms with Crippen molar-refractivity contribution < 1.29 is 13.2 Å². The van der Waals surface area contributed by atoms with Crippen LogP contribution < -0.4 is 20.3 Å². The van der Waals surface area contributed by atoms with Crippen LogP contribution in [0.4, 0.5) is 11.4 Å². The maximum absolute atomic E-state index is 13.4. The molecule has 1 fully saturated rings. The summed E-state index contributed by atoms with van der Waals surface area (Å²) >= 11 is 11.2. The van der Waals surface area contributed by atoms with E-state index in [1.165, 1.54) is 17.7 Å². The number of amides is 1. The second kappa shape index (κ2) is 11.9. The van der Waals surface area contributed by atoms with Gasteiger partial charge in [-0.25, -0.2) is 13.4 Å². The first-order chi connectivity index (χ1) is 18.1. The van der Waals surface area contributed by atoms with Gasteiger partial charge in [-0.1, -0.05) is 18.5 Å². The van der Waals surface area contributed by atoms with Gasteiger partial charge in [0, 0.05) is 55.5 Å². The number of rotatable bonds is 6. The molecule has 38 heavy (non-hydrogen) atoms. The highest BCUT2D eigenvalue weighted by Gasteiger charge is 2.31. The second-order valence-corrected chi connectivity index (χ2v) is 11.9. The number of fused-ring (bicyclic) bond motifs is 1. The zero-order valence-electron chi connectivity index (χ0n) is 21.6. The number of nitrogens with zero attached hydrogens (tertiary/aromatic N) is 4. The molecule has 1 atom stereocenters. The number of halogens is 1. The molecule has 9 nitrogen and oxygen atoms in total. The molecule has 2 aromatic carbocycles. The van der Waals surface area contributed by atoms with Gasteiger partial charge in [-0.15, -0.1) is 0 Å². The Balaban J connectivity index is 1.35. The van der Waals surface area contributed by atoms with Crippen molar-refractivity contribution in [2.24, 2.45) is 10.7 Å². The number of piperazine rings is 1. The molecule has 2 aromatic rings. The first-order valence-corrected chi connectivity index (χ1v) is 14.9. The number of aliphatic imine (C=N–C) groups is 1. The third-order valence-corrected chi connectivity index (χ3v) is 8.87. The van der Waals surface area contributed by atoms with Crippen LogP contribution in [-0.4, -0.2) is 68.9 Å². The van der Waals surface area contributed by atoms with E-state index >= 15 is 0 Å². The van der Waals surface area contributed by atoms with Crippen molar-refractivity contribution >= 4 is 62.1 Å². The molecule has 3 N–H and O–H groups in total. The van der Waals surface area contributed by atoms with E-state index in [0.717, 1.165) is 35.8 Å².